The molecule has 1 N–H and O–H groups in total. The number of hydrogen-bond donors (Lipinski definition) is 1. The van der Waals surface area contributed by atoms with Gasteiger partial charge in [0, 0.05) is 12.3 Å². The maximum absolute atomic E-state index is 13.1. The van der Waals surface area contributed by atoms with Crippen LogP contribution in [-0.2, 0) is 11.0 Å². The molecule has 30 heavy (non-hydrogen) atoms. The van der Waals surface area contributed by atoms with Crippen molar-refractivity contribution in [2.24, 2.45) is 0 Å². The number of rotatable bonds is 7. The first kappa shape index (κ1) is 21.8. The fourth-order valence-corrected chi connectivity index (χ4v) is 3.55. The van der Waals surface area contributed by atoms with Crippen LogP contribution in [0.1, 0.15) is 12.5 Å². The van der Waals surface area contributed by atoms with E-state index in [0.29, 0.717) is 30.4 Å². The van der Waals surface area contributed by atoms with Crippen LogP contribution in [0, 0.1) is 0 Å². The molecule has 1 heterocycles. The van der Waals surface area contributed by atoms with Crippen molar-refractivity contribution >= 4 is 28.6 Å². The highest BCUT2D eigenvalue weighted by Gasteiger charge is 2.32. The van der Waals surface area contributed by atoms with Crippen LogP contribution in [0.2, 0.25) is 0 Å². The molecule has 0 bridgehead atoms. The largest absolute Gasteiger partial charge is 0.494 e. The molecule has 10 heteroatoms. The standard InChI is InChI=1S/C20H19F3N2O4S/c1-2-28-14-4-6-15(7-5-14)29-17-8-3-13(20(21,22)23)11-16(17)24-18(26)12-25-9-10-30-19(25)27/h3-8,11H,2,9-10,12H2,1H3,(H,24,26). The molecule has 0 unspecified atom stereocenters. The molecule has 0 saturated carbocycles. The lowest BCUT2D eigenvalue weighted by Gasteiger charge is -2.17. The minimum Gasteiger partial charge on any atom is -0.494 e. The second-order valence-electron chi connectivity index (χ2n) is 6.30. The van der Waals surface area contributed by atoms with Crippen LogP contribution in [0.25, 0.3) is 0 Å². The van der Waals surface area contributed by atoms with Gasteiger partial charge in [-0.05, 0) is 49.4 Å². The summed E-state index contributed by atoms with van der Waals surface area (Å²) in [6, 6.07) is 9.37. The van der Waals surface area contributed by atoms with E-state index >= 15 is 0 Å². The summed E-state index contributed by atoms with van der Waals surface area (Å²) in [7, 11) is 0. The lowest BCUT2D eigenvalue weighted by molar-refractivity contribution is -0.137. The third-order valence-electron chi connectivity index (χ3n) is 4.12. The molecule has 1 fully saturated rings. The lowest BCUT2D eigenvalue weighted by Crippen LogP contribution is -2.33. The number of benzene rings is 2. The molecule has 0 atom stereocenters. The van der Waals surface area contributed by atoms with Gasteiger partial charge in [-0.2, -0.15) is 13.2 Å². The third-order valence-corrected chi connectivity index (χ3v) is 5.01. The highest BCUT2D eigenvalue weighted by atomic mass is 32.2. The molecular weight excluding hydrogens is 421 g/mol. The molecule has 1 aliphatic heterocycles. The fourth-order valence-electron chi connectivity index (χ4n) is 2.72. The first-order valence-electron chi connectivity index (χ1n) is 9.10. The minimum atomic E-state index is -4.58. The van der Waals surface area contributed by atoms with Crippen molar-refractivity contribution in [2.45, 2.75) is 13.1 Å². The van der Waals surface area contributed by atoms with Crippen LogP contribution in [0.15, 0.2) is 42.5 Å². The molecule has 3 rings (SSSR count). The Morgan fingerprint density at radius 1 is 1.17 bits per heavy atom. The van der Waals surface area contributed by atoms with Gasteiger partial charge < -0.3 is 19.7 Å². The van der Waals surface area contributed by atoms with E-state index in [4.69, 9.17) is 9.47 Å². The van der Waals surface area contributed by atoms with E-state index in [-0.39, 0.29) is 23.2 Å². The smallest absolute Gasteiger partial charge is 0.416 e. The molecule has 1 saturated heterocycles. The molecular formula is C20H19F3N2O4S. The van der Waals surface area contributed by atoms with Gasteiger partial charge in [-0.15, -0.1) is 0 Å². The summed E-state index contributed by atoms with van der Waals surface area (Å²) < 4.78 is 50.4. The Kier molecular flexibility index (Phi) is 6.76. The van der Waals surface area contributed by atoms with Crippen LogP contribution < -0.4 is 14.8 Å². The molecule has 2 aromatic rings. The van der Waals surface area contributed by atoms with Gasteiger partial charge in [-0.25, -0.2) is 0 Å². The number of ether oxygens (including phenoxy) is 2. The summed E-state index contributed by atoms with van der Waals surface area (Å²) >= 11 is 1.09. The monoisotopic (exact) mass is 440 g/mol. The molecule has 0 radical (unpaired) electrons. The van der Waals surface area contributed by atoms with Crippen molar-refractivity contribution in [1.82, 2.24) is 4.90 Å². The molecule has 1 aliphatic rings. The Morgan fingerprint density at radius 2 is 1.87 bits per heavy atom. The number of carbonyl (C=O) groups excluding carboxylic acids is 2. The number of hydrogen-bond acceptors (Lipinski definition) is 5. The van der Waals surface area contributed by atoms with Crippen LogP contribution in [0.3, 0.4) is 0 Å². The molecule has 0 spiro atoms. The van der Waals surface area contributed by atoms with Crippen LogP contribution in [-0.4, -0.2) is 41.5 Å². The number of amides is 2. The Bertz CT molecular complexity index is 919. The van der Waals surface area contributed by atoms with Gasteiger partial charge in [0.05, 0.1) is 17.9 Å². The van der Waals surface area contributed by atoms with Crippen molar-refractivity contribution in [3.8, 4) is 17.2 Å². The van der Waals surface area contributed by atoms with E-state index in [0.717, 1.165) is 30.0 Å². The van der Waals surface area contributed by atoms with E-state index in [1.165, 1.54) is 4.90 Å². The SMILES string of the molecule is CCOc1ccc(Oc2ccc(C(F)(F)F)cc2NC(=O)CN2CCSC2=O)cc1. The van der Waals surface area contributed by atoms with E-state index in [2.05, 4.69) is 5.32 Å². The number of thioether (sulfide) groups is 1. The number of carbonyl (C=O) groups is 2. The average Bonchev–Trinajstić information content (AvgIpc) is 3.08. The summed E-state index contributed by atoms with van der Waals surface area (Å²) in [6.45, 7) is 2.50. The molecule has 2 amide bonds. The summed E-state index contributed by atoms with van der Waals surface area (Å²) in [5.41, 5.74) is -1.06. The highest BCUT2D eigenvalue weighted by Crippen LogP contribution is 2.37. The first-order valence-corrected chi connectivity index (χ1v) is 10.1. The Hall–Kier alpha value is -2.88. The summed E-state index contributed by atoms with van der Waals surface area (Å²) in [6.07, 6.45) is -4.58. The zero-order valence-corrected chi connectivity index (χ0v) is 16.8. The van der Waals surface area contributed by atoms with Gasteiger partial charge in [0.25, 0.3) is 5.24 Å². The normalized spacial score (nSPS) is 14.0. The molecule has 0 aromatic heterocycles. The first-order chi connectivity index (χ1) is 14.3. The number of nitrogens with one attached hydrogen (secondary N) is 1. The Morgan fingerprint density at radius 3 is 2.47 bits per heavy atom. The van der Waals surface area contributed by atoms with Crippen LogP contribution in [0.5, 0.6) is 17.2 Å². The molecule has 2 aromatic carbocycles. The van der Waals surface area contributed by atoms with E-state index in [9.17, 15) is 22.8 Å². The minimum absolute atomic E-state index is 0.0441. The predicted octanol–water partition coefficient (Wildman–Crippen LogP) is 5.00. The van der Waals surface area contributed by atoms with Crippen molar-refractivity contribution < 1.29 is 32.2 Å². The maximum atomic E-state index is 13.1. The Balaban J connectivity index is 1.81. The number of alkyl halides is 3. The second kappa shape index (κ2) is 9.29. The van der Waals surface area contributed by atoms with Gasteiger partial charge in [-0.3, -0.25) is 9.59 Å². The van der Waals surface area contributed by atoms with Crippen molar-refractivity contribution in [3.63, 3.8) is 0 Å². The fraction of sp³-hybridized carbons (Fsp3) is 0.300. The van der Waals surface area contributed by atoms with Crippen molar-refractivity contribution in [2.75, 3.05) is 30.8 Å². The zero-order chi connectivity index (χ0) is 21.7. The van der Waals surface area contributed by atoms with E-state index < -0.39 is 17.6 Å². The van der Waals surface area contributed by atoms with Gasteiger partial charge in [0.1, 0.15) is 18.0 Å². The topological polar surface area (TPSA) is 67.9 Å². The predicted molar refractivity (Wildman–Crippen MR) is 107 cm³/mol. The molecule has 6 nitrogen and oxygen atoms in total. The Labute approximate surface area is 175 Å². The lowest BCUT2D eigenvalue weighted by atomic mass is 10.1. The van der Waals surface area contributed by atoms with Crippen LogP contribution >= 0.6 is 11.8 Å². The number of anilines is 1. The van der Waals surface area contributed by atoms with E-state index in [1.54, 1.807) is 24.3 Å². The zero-order valence-electron chi connectivity index (χ0n) is 16.0. The molecule has 160 valence electrons. The van der Waals surface area contributed by atoms with Crippen LogP contribution in [0.4, 0.5) is 23.7 Å². The van der Waals surface area contributed by atoms with Gasteiger partial charge in [0.2, 0.25) is 5.91 Å². The highest BCUT2D eigenvalue weighted by molar-refractivity contribution is 8.13. The summed E-state index contributed by atoms with van der Waals surface area (Å²) in [5.74, 6) is 0.991. The maximum Gasteiger partial charge on any atom is 0.416 e. The van der Waals surface area contributed by atoms with Crippen molar-refractivity contribution in [3.05, 3.63) is 48.0 Å². The summed E-state index contributed by atoms with van der Waals surface area (Å²) in [4.78, 5) is 25.3. The number of nitrogens with zero attached hydrogens (tertiary/aromatic N) is 1. The van der Waals surface area contributed by atoms with E-state index in [1.807, 2.05) is 6.92 Å². The van der Waals surface area contributed by atoms with Crippen molar-refractivity contribution in [1.29, 1.82) is 0 Å². The van der Waals surface area contributed by atoms with Gasteiger partial charge in [0.15, 0.2) is 5.75 Å². The second-order valence-corrected chi connectivity index (χ2v) is 7.35. The molecule has 0 aliphatic carbocycles. The third kappa shape index (κ3) is 5.59. The number of halogens is 3. The van der Waals surface area contributed by atoms with Gasteiger partial charge in [-0.1, -0.05) is 11.8 Å². The summed E-state index contributed by atoms with van der Waals surface area (Å²) in [5, 5.41) is 2.19. The average molecular weight is 440 g/mol. The quantitative estimate of drug-likeness (QED) is 0.656. The van der Waals surface area contributed by atoms with Gasteiger partial charge >= 0.3 is 6.18 Å².